The second-order valence-electron chi connectivity index (χ2n) is 3.57. The average Bonchev–Trinajstić information content (AvgIpc) is 2.54. The van der Waals surface area contributed by atoms with E-state index in [9.17, 15) is 0 Å². The number of hydrogen-bond acceptors (Lipinski definition) is 3. The van der Waals surface area contributed by atoms with Crippen molar-refractivity contribution in [1.29, 1.82) is 0 Å². The lowest BCUT2D eigenvalue weighted by atomic mass is 10.0. The van der Waals surface area contributed by atoms with Gasteiger partial charge in [0.25, 0.3) is 0 Å². The zero-order chi connectivity index (χ0) is 9.90. The summed E-state index contributed by atoms with van der Waals surface area (Å²) < 4.78 is 10.6. The summed E-state index contributed by atoms with van der Waals surface area (Å²) >= 11 is 0. The van der Waals surface area contributed by atoms with E-state index in [2.05, 4.69) is 19.2 Å². The maximum Gasteiger partial charge on any atom is 0.129 e. The van der Waals surface area contributed by atoms with E-state index in [1.807, 2.05) is 19.2 Å². The Morgan fingerprint density at radius 1 is 1.46 bits per heavy atom. The molecule has 0 aliphatic carbocycles. The monoisotopic (exact) mass is 183 g/mol. The number of methoxy groups -OCH3 is 1. The van der Waals surface area contributed by atoms with Gasteiger partial charge in [-0.15, -0.1) is 0 Å². The molecule has 0 atom stereocenters. The van der Waals surface area contributed by atoms with Crippen molar-refractivity contribution in [3.63, 3.8) is 0 Å². The lowest BCUT2D eigenvalue weighted by Gasteiger charge is -2.20. The van der Waals surface area contributed by atoms with Gasteiger partial charge >= 0.3 is 0 Å². The molecule has 13 heavy (non-hydrogen) atoms. The summed E-state index contributed by atoms with van der Waals surface area (Å²) in [6.07, 6.45) is 0. The van der Waals surface area contributed by atoms with Crippen LogP contribution in [0.5, 0.6) is 0 Å². The minimum atomic E-state index is -0.119. The van der Waals surface area contributed by atoms with Gasteiger partial charge in [0.2, 0.25) is 0 Å². The number of rotatable bonds is 4. The SMILES string of the molecule is CNC(C)(C)c1ccc(COC)o1. The van der Waals surface area contributed by atoms with Gasteiger partial charge in [0.1, 0.15) is 18.1 Å². The Morgan fingerprint density at radius 2 is 2.15 bits per heavy atom. The Bertz CT molecular complexity index is 266. The molecule has 0 amide bonds. The van der Waals surface area contributed by atoms with Gasteiger partial charge in [0.05, 0.1) is 5.54 Å². The average molecular weight is 183 g/mol. The fourth-order valence-electron chi connectivity index (χ4n) is 1.06. The highest BCUT2D eigenvalue weighted by Crippen LogP contribution is 2.21. The highest BCUT2D eigenvalue weighted by molar-refractivity contribution is 5.13. The molecule has 0 fully saturated rings. The van der Waals surface area contributed by atoms with E-state index in [1.165, 1.54) is 0 Å². The highest BCUT2D eigenvalue weighted by atomic mass is 16.5. The van der Waals surface area contributed by atoms with Gasteiger partial charge in [-0.05, 0) is 33.0 Å². The molecule has 3 nitrogen and oxygen atoms in total. The molecular weight excluding hydrogens is 166 g/mol. The Kier molecular flexibility index (Phi) is 3.12. The lowest BCUT2D eigenvalue weighted by molar-refractivity contribution is 0.159. The Hall–Kier alpha value is -0.800. The molecule has 3 heteroatoms. The molecule has 0 aliphatic rings. The van der Waals surface area contributed by atoms with E-state index in [0.717, 1.165) is 11.5 Å². The number of hydrogen-bond donors (Lipinski definition) is 1. The van der Waals surface area contributed by atoms with Crippen LogP contribution in [0.2, 0.25) is 0 Å². The topological polar surface area (TPSA) is 34.4 Å². The van der Waals surface area contributed by atoms with Crippen LogP contribution in [0, 0.1) is 0 Å². The van der Waals surface area contributed by atoms with Crippen LogP contribution < -0.4 is 5.32 Å². The van der Waals surface area contributed by atoms with Crippen molar-refractivity contribution >= 4 is 0 Å². The first-order chi connectivity index (χ1) is 6.10. The zero-order valence-electron chi connectivity index (χ0n) is 8.68. The van der Waals surface area contributed by atoms with Gasteiger partial charge in [-0.1, -0.05) is 0 Å². The summed E-state index contributed by atoms with van der Waals surface area (Å²) in [6.45, 7) is 4.67. The fraction of sp³-hybridized carbons (Fsp3) is 0.600. The fourth-order valence-corrected chi connectivity index (χ4v) is 1.06. The molecule has 0 spiro atoms. The summed E-state index contributed by atoms with van der Waals surface area (Å²) in [4.78, 5) is 0. The van der Waals surface area contributed by atoms with Crippen LogP contribution in [-0.4, -0.2) is 14.2 Å². The normalized spacial score (nSPS) is 12.0. The third kappa shape index (κ3) is 2.32. The Balaban J connectivity index is 2.79. The standard InChI is InChI=1S/C10H17NO2/c1-10(2,11-3)9-6-5-8(13-9)7-12-4/h5-6,11H,7H2,1-4H3. The first-order valence-corrected chi connectivity index (χ1v) is 4.37. The van der Waals surface area contributed by atoms with Gasteiger partial charge in [0, 0.05) is 7.11 Å². The van der Waals surface area contributed by atoms with Crippen molar-refractivity contribution in [1.82, 2.24) is 5.32 Å². The van der Waals surface area contributed by atoms with Crippen molar-refractivity contribution < 1.29 is 9.15 Å². The lowest BCUT2D eigenvalue weighted by Crippen LogP contribution is -2.32. The van der Waals surface area contributed by atoms with Crippen molar-refractivity contribution in [3.8, 4) is 0 Å². The van der Waals surface area contributed by atoms with Gasteiger partial charge in [0.15, 0.2) is 0 Å². The van der Waals surface area contributed by atoms with Crippen LogP contribution in [0.1, 0.15) is 25.4 Å². The molecule has 1 aromatic heterocycles. The molecule has 1 rings (SSSR count). The summed E-state index contributed by atoms with van der Waals surface area (Å²) in [5, 5.41) is 3.18. The van der Waals surface area contributed by atoms with Crippen molar-refractivity contribution in [2.75, 3.05) is 14.2 Å². The Labute approximate surface area is 79.1 Å². The molecule has 0 aliphatic heterocycles. The summed E-state index contributed by atoms with van der Waals surface area (Å²) in [5.74, 6) is 1.79. The molecule has 0 unspecified atom stereocenters. The molecule has 1 N–H and O–H groups in total. The van der Waals surface area contributed by atoms with Crippen molar-refractivity contribution in [2.45, 2.75) is 26.0 Å². The summed E-state index contributed by atoms with van der Waals surface area (Å²) in [7, 11) is 3.57. The van der Waals surface area contributed by atoms with Gasteiger partial charge in [-0.2, -0.15) is 0 Å². The minimum absolute atomic E-state index is 0.119. The largest absolute Gasteiger partial charge is 0.462 e. The molecule has 0 saturated heterocycles. The molecular formula is C10H17NO2. The van der Waals surface area contributed by atoms with E-state index >= 15 is 0 Å². The van der Waals surface area contributed by atoms with Crippen LogP contribution in [-0.2, 0) is 16.9 Å². The van der Waals surface area contributed by atoms with Crippen molar-refractivity contribution in [3.05, 3.63) is 23.7 Å². The number of ether oxygens (including phenoxy) is 1. The highest BCUT2D eigenvalue weighted by Gasteiger charge is 2.21. The summed E-state index contributed by atoms with van der Waals surface area (Å²) in [6, 6.07) is 3.92. The predicted octanol–water partition coefficient (Wildman–Crippen LogP) is 1.88. The molecule has 0 aromatic carbocycles. The van der Waals surface area contributed by atoms with Crippen LogP contribution in [0.4, 0.5) is 0 Å². The smallest absolute Gasteiger partial charge is 0.129 e. The van der Waals surface area contributed by atoms with E-state index in [-0.39, 0.29) is 5.54 Å². The first-order valence-electron chi connectivity index (χ1n) is 4.37. The quantitative estimate of drug-likeness (QED) is 0.774. The third-order valence-corrected chi connectivity index (χ3v) is 2.19. The van der Waals surface area contributed by atoms with Crippen LogP contribution in [0.3, 0.4) is 0 Å². The third-order valence-electron chi connectivity index (χ3n) is 2.19. The molecule has 1 heterocycles. The van der Waals surface area contributed by atoms with Crippen LogP contribution in [0.15, 0.2) is 16.5 Å². The molecule has 0 bridgehead atoms. The Morgan fingerprint density at radius 3 is 2.69 bits per heavy atom. The molecule has 0 saturated carbocycles. The van der Waals surface area contributed by atoms with Crippen LogP contribution in [0.25, 0.3) is 0 Å². The zero-order valence-corrected chi connectivity index (χ0v) is 8.68. The second-order valence-corrected chi connectivity index (χ2v) is 3.57. The molecule has 74 valence electrons. The summed E-state index contributed by atoms with van der Waals surface area (Å²) in [5.41, 5.74) is -0.119. The van der Waals surface area contributed by atoms with E-state index in [4.69, 9.17) is 9.15 Å². The van der Waals surface area contributed by atoms with E-state index in [1.54, 1.807) is 7.11 Å². The molecule has 0 radical (unpaired) electrons. The maximum atomic E-state index is 5.59. The second kappa shape index (κ2) is 3.94. The number of furan rings is 1. The predicted molar refractivity (Wildman–Crippen MR) is 51.5 cm³/mol. The first kappa shape index (κ1) is 10.3. The molecule has 1 aromatic rings. The van der Waals surface area contributed by atoms with Gasteiger partial charge in [-0.3, -0.25) is 0 Å². The van der Waals surface area contributed by atoms with E-state index < -0.39 is 0 Å². The van der Waals surface area contributed by atoms with Crippen LogP contribution >= 0.6 is 0 Å². The minimum Gasteiger partial charge on any atom is -0.462 e. The number of nitrogens with one attached hydrogen (secondary N) is 1. The van der Waals surface area contributed by atoms with Gasteiger partial charge in [-0.25, -0.2) is 0 Å². The van der Waals surface area contributed by atoms with Gasteiger partial charge < -0.3 is 14.5 Å². The van der Waals surface area contributed by atoms with E-state index in [0.29, 0.717) is 6.61 Å². The van der Waals surface area contributed by atoms with Crippen molar-refractivity contribution in [2.24, 2.45) is 0 Å². The maximum absolute atomic E-state index is 5.59.